The highest BCUT2D eigenvalue weighted by atomic mass is 32.2. The number of nitrogens with one attached hydrogen (secondary N) is 2. The number of hydrogen-bond acceptors (Lipinski definition) is 6. The van der Waals surface area contributed by atoms with E-state index in [-0.39, 0.29) is 29.8 Å². The van der Waals surface area contributed by atoms with Crippen molar-refractivity contribution in [1.29, 1.82) is 0 Å². The maximum absolute atomic E-state index is 12.9. The molecule has 162 valence electrons. The van der Waals surface area contributed by atoms with Crippen LogP contribution in [0.3, 0.4) is 0 Å². The number of unbranched alkanes of at least 4 members (excludes halogenated alkanes) is 1. The monoisotopic (exact) mass is 458 g/mol. The summed E-state index contributed by atoms with van der Waals surface area (Å²) >= 11 is 2.46. The van der Waals surface area contributed by atoms with Crippen molar-refractivity contribution in [2.45, 2.75) is 36.9 Å². The number of amides is 2. The van der Waals surface area contributed by atoms with E-state index < -0.39 is 0 Å². The lowest BCUT2D eigenvalue weighted by Crippen LogP contribution is -2.14. The molecule has 0 aliphatic carbocycles. The fourth-order valence-electron chi connectivity index (χ4n) is 2.73. The molecule has 6 nitrogen and oxygen atoms in total. The van der Waals surface area contributed by atoms with Gasteiger partial charge in [-0.1, -0.05) is 60.7 Å². The third kappa shape index (κ3) is 7.76. The van der Waals surface area contributed by atoms with Gasteiger partial charge in [0.15, 0.2) is 4.34 Å². The molecule has 0 aliphatic heterocycles. The van der Waals surface area contributed by atoms with Crippen LogP contribution >= 0.6 is 23.1 Å². The zero-order valence-electron chi connectivity index (χ0n) is 17.1. The molecular weight excluding hydrogens is 435 g/mol. The Morgan fingerprint density at radius 2 is 1.68 bits per heavy atom. The van der Waals surface area contributed by atoms with Crippen molar-refractivity contribution >= 4 is 45.7 Å². The highest BCUT2D eigenvalue weighted by molar-refractivity contribution is 8.01. The van der Waals surface area contributed by atoms with Crippen LogP contribution in [0.5, 0.6) is 0 Å². The Balaban J connectivity index is 1.42. The van der Waals surface area contributed by atoms with E-state index in [9.17, 15) is 14.0 Å². The third-order valence-corrected chi connectivity index (χ3v) is 6.29. The molecule has 0 aliphatic rings. The summed E-state index contributed by atoms with van der Waals surface area (Å²) in [4.78, 5) is 24.3. The van der Waals surface area contributed by atoms with Crippen LogP contribution in [0.1, 0.15) is 30.9 Å². The molecule has 0 saturated heterocycles. The normalized spacial score (nSPS) is 10.6. The largest absolute Gasteiger partial charge is 0.325 e. The molecule has 1 aromatic heterocycles. The second-order valence-corrected chi connectivity index (χ2v) is 9.06. The number of nitrogens with zero attached hydrogens (tertiary/aromatic N) is 2. The van der Waals surface area contributed by atoms with E-state index in [1.807, 2.05) is 24.3 Å². The van der Waals surface area contributed by atoms with Crippen LogP contribution in [0.15, 0.2) is 52.9 Å². The number of rotatable bonds is 10. The number of anilines is 2. The predicted molar refractivity (Wildman–Crippen MR) is 123 cm³/mol. The van der Waals surface area contributed by atoms with Gasteiger partial charge in [-0.2, -0.15) is 0 Å². The molecule has 2 aromatic carbocycles. The van der Waals surface area contributed by atoms with Gasteiger partial charge in [0.2, 0.25) is 16.9 Å². The third-order valence-electron chi connectivity index (χ3n) is 4.31. The first-order chi connectivity index (χ1) is 15.0. The summed E-state index contributed by atoms with van der Waals surface area (Å²) in [7, 11) is 0. The van der Waals surface area contributed by atoms with Gasteiger partial charge in [-0.3, -0.25) is 9.59 Å². The molecule has 31 heavy (non-hydrogen) atoms. The molecule has 2 N–H and O–H groups in total. The first-order valence-electron chi connectivity index (χ1n) is 9.91. The summed E-state index contributed by atoms with van der Waals surface area (Å²) in [6.45, 7) is 2.16. The van der Waals surface area contributed by atoms with Gasteiger partial charge < -0.3 is 10.6 Å². The van der Waals surface area contributed by atoms with Crippen molar-refractivity contribution in [2.24, 2.45) is 0 Å². The standard InChI is InChI=1S/C22H23FN4O2S2/c1-2-3-4-15-7-11-18(12-8-15)24-20(29)14-30-22-27-26-21(31-22)25-19(28)13-16-5-9-17(23)10-6-16/h5-12H,2-4,13-14H2,1H3,(H,24,29)(H,25,26,28). The summed E-state index contributed by atoms with van der Waals surface area (Å²) in [5, 5.41) is 13.8. The zero-order chi connectivity index (χ0) is 22.1. The summed E-state index contributed by atoms with van der Waals surface area (Å²) in [5.41, 5.74) is 2.72. The van der Waals surface area contributed by atoms with Crippen molar-refractivity contribution in [3.8, 4) is 0 Å². The molecule has 2 amide bonds. The molecule has 1 heterocycles. The molecule has 0 saturated carbocycles. The van der Waals surface area contributed by atoms with Crippen molar-refractivity contribution in [2.75, 3.05) is 16.4 Å². The lowest BCUT2D eigenvalue weighted by molar-refractivity contribution is -0.115. The SMILES string of the molecule is CCCCc1ccc(NC(=O)CSc2nnc(NC(=O)Cc3ccc(F)cc3)s2)cc1. The molecule has 0 radical (unpaired) electrons. The van der Waals surface area contributed by atoms with Crippen LogP contribution in [0.4, 0.5) is 15.2 Å². The minimum absolute atomic E-state index is 0.113. The van der Waals surface area contributed by atoms with Gasteiger partial charge in [0.1, 0.15) is 5.82 Å². The molecule has 9 heteroatoms. The quantitative estimate of drug-likeness (QED) is 0.332. The number of carbonyl (C=O) groups excluding carboxylic acids is 2. The van der Waals surface area contributed by atoms with Crippen molar-refractivity contribution in [1.82, 2.24) is 10.2 Å². The van der Waals surface area contributed by atoms with Crippen LogP contribution in [0.2, 0.25) is 0 Å². The van der Waals surface area contributed by atoms with Gasteiger partial charge >= 0.3 is 0 Å². The van der Waals surface area contributed by atoms with Gasteiger partial charge in [0, 0.05) is 5.69 Å². The minimum Gasteiger partial charge on any atom is -0.325 e. The Labute approximate surface area is 188 Å². The molecule has 0 spiro atoms. The number of aromatic nitrogens is 2. The van der Waals surface area contributed by atoms with Crippen LogP contribution in [0.25, 0.3) is 0 Å². The first kappa shape index (κ1) is 22.9. The second-order valence-electron chi connectivity index (χ2n) is 6.86. The highest BCUT2D eigenvalue weighted by Crippen LogP contribution is 2.25. The smallest absolute Gasteiger partial charge is 0.234 e. The Bertz CT molecular complexity index is 1010. The van der Waals surface area contributed by atoms with Crippen LogP contribution in [-0.2, 0) is 22.4 Å². The summed E-state index contributed by atoms with van der Waals surface area (Å²) in [6.07, 6.45) is 3.46. The molecule has 3 aromatic rings. The summed E-state index contributed by atoms with van der Waals surface area (Å²) < 4.78 is 13.5. The Hall–Kier alpha value is -2.78. The van der Waals surface area contributed by atoms with E-state index in [0.29, 0.717) is 15.0 Å². The Morgan fingerprint density at radius 1 is 0.968 bits per heavy atom. The van der Waals surface area contributed by atoms with Crippen molar-refractivity contribution in [3.05, 3.63) is 65.5 Å². The average molecular weight is 459 g/mol. The molecular formula is C22H23FN4O2S2. The van der Waals surface area contributed by atoms with E-state index >= 15 is 0 Å². The fraction of sp³-hybridized carbons (Fsp3) is 0.273. The van der Waals surface area contributed by atoms with E-state index in [1.165, 1.54) is 40.8 Å². The van der Waals surface area contributed by atoms with E-state index in [0.717, 1.165) is 24.9 Å². The topological polar surface area (TPSA) is 84.0 Å². The van der Waals surface area contributed by atoms with Gasteiger partial charge in [0.25, 0.3) is 0 Å². The van der Waals surface area contributed by atoms with E-state index in [1.54, 1.807) is 12.1 Å². The van der Waals surface area contributed by atoms with Crippen LogP contribution in [0, 0.1) is 5.82 Å². The number of halogens is 1. The molecule has 0 fully saturated rings. The fourth-order valence-corrected chi connectivity index (χ4v) is 4.30. The van der Waals surface area contributed by atoms with Gasteiger partial charge in [-0.15, -0.1) is 10.2 Å². The van der Waals surface area contributed by atoms with Crippen molar-refractivity contribution < 1.29 is 14.0 Å². The van der Waals surface area contributed by atoms with E-state index in [4.69, 9.17) is 0 Å². The second kappa shape index (κ2) is 11.6. The van der Waals surface area contributed by atoms with E-state index in [2.05, 4.69) is 27.8 Å². The number of hydrogen-bond donors (Lipinski definition) is 2. The highest BCUT2D eigenvalue weighted by Gasteiger charge is 2.11. The molecule has 3 rings (SSSR count). The number of aryl methyl sites for hydroxylation is 1. The summed E-state index contributed by atoms with van der Waals surface area (Å²) in [6, 6.07) is 13.6. The van der Waals surface area contributed by atoms with Crippen molar-refractivity contribution in [3.63, 3.8) is 0 Å². The number of thioether (sulfide) groups is 1. The molecule has 0 unspecified atom stereocenters. The summed E-state index contributed by atoms with van der Waals surface area (Å²) in [5.74, 6) is -0.554. The molecule has 0 bridgehead atoms. The molecule has 0 atom stereocenters. The lowest BCUT2D eigenvalue weighted by Gasteiger charge is -2.06. The Morgan fingerprint density at radius 3 is 2.39 bits per heavy atom. The lowest BCUT2D eigenvalue weighted by atomic mass is 10.1. The maximum atomic E-state index is 12.9. The zero-order valence-corrected chi connectivity index (χ0v) is 18.7. The number of benzene rings is 2. The average Bonchev–Trinajstić information content (AvgIpc) is 3.20. The Kier molecular flexibility index (Phi) is 8.54. The van der Waals surface area contributed by atoms with Gasteiger partial charge in [0.05, 0.1) is 12.2 Å². The minimum atomic E-state index is -0.344. The van der Waals surface area contributed by atoms with Gasteiger partial charge in [-0.25, -0.2) is 4.39 Å². The van der Waals surface area contributed by atoms with Crippen LogP contribution in [-0.4, -0.2) is 27.8 Å². The number of carbonyl (C=O) groups is 2. The predicted octanol–water partition coefficient (Wildman–Crippen LogP) is 4.93. The maximum Gasteiger partial charge on any atom is 0.234 e. The van der Waals surface area contributed by atoms with Crippen LogP contribution < -0.4 is 10.6 Å². The first-order valence-corrected chi connectivity index (χ1v) is 11.7. The van der Waals surface area contributed by atoms with Gasteiger partial charge in [-0.05, 0) is 48.2 Å².